The van der Waals surface area contributed by atoms with E-state index in [1.54, 1.807) is 17.0 Å². The monoisotopic (exact) mass is 513 g/mol. The maximum Gasteiger partial charge on any atom is 0.271 e. The van der Waals surface area contributed by atoms with Crippen LogP contribution in [0, 0.1) is 17.8 Å². The van der Waals surface area contributed by atoms with E-state index in [1.165, 1.54) is 0 Å². The molecule has 9 nitrogen and oxygen atoms in total. The molecule has 0 spiro atoms. The smallest absolute Gasteiger partial charge is 0.271 e. The number of primary amides is 1. The summed E-state index contributed by atoms with van der Waals surface area (Å²) in [6.45, 7) is 1.10. The molecule has 0 radical (unpaired) electrons. The number of nitrogens with zero attached hydrogens (tertiary/aromatic N) is 1. The molecule has 2 aromatic rings. The molecule has 5 rings (SSSR count). The van der Waals surface area contributed by atoms with E-state index >= 15 is 0 Å². The molecule has 3 heterocycles. The number of amides is 4. The summed E-state index contributed by atoms with van der Waals surface area (Å²) in [7, 11) is 0. The average Bonchev–Trinajstić information content (AvgIpc) is 3.47. The molecule has 5 N–H and O–H groups in total. The van der Waals surface area contributed by atoms with Crippen molar-refractivity contribution in [3.05, 3.63) is 35.0 Å². The summed E-state index contributed by atoms with van der Waals surface area (Å²) < 4.78 is 0. The maximum absolute atomic E-state index is 13.7. The first-order valence-electron chi connectivity index (χ1n) is 12.8. The number of para-hydroxylation sites is 1. The van der Waals surface area contributed by atoms with Gasteiger partial charge in [-0.3, -0.25) is 19.2 Å². The standard InChI is InChI=1S/C26H32ClN5O4/c27-18-9-3-6-14-11-20(30-21(14)18)26(36)32-13-16-5-1-2-8-17(16)22(32)25(35)31-19(23(28)33)12-15-7-4-10-29-24(15)34/h3,6,9,11,15-17,19,22,30H,1-2,4-5,7-8,10,12-13H2,(H2,28,33)(H,29,34)(H,31,35)/t15?,16?,17?,19?,22-/m0/s1. The van der Waals surface area contributed by atoms with Crippen molar-refractivity contribution in [2.75, 3.05) is 13.1 Å². The number of aromatic nitrogens is 1. The number of benzene rings is 1. The molecule has 1 aromatic heterocycles. The van der Waals surface area contributed by atoms with E-state index in [4.69, 9.17) is 17.3 Å². The molecular weight excluding hydrogens is 482 g/mol. The zero-order valence-electron chi connectivity index (χ0n) is 20.1. The Balaban J connectivity index is 1.39. The van der Waals surface area contributed by atoms with E-state index in [-0.39, 0.29) is 41.9 Å². The fourth-order valence-corrected chi connectivity index (χ4v) is 6.49. The highest BCUT2D eigenvalue weighted by Gasteiger charge is 2.49. The first-order chi connectivity index (χ1) is 17.3. The van der Waals surface area contributed by atoms with Gasteiger partial charge in [0.2, 0.25) is 17.7 Å². The van der Waals surface area contributed by atoms with Crippen LogP contribution in [-0.2, 0) is 14.4 Å². The molecule has 3 aliphatic rings. The lowest BCUT2D eigenvalue weighted by Gasteiger charge is -2.31. The number of aromatic amines is 1. The van der Waals surface area contributed by atoms with Gasteiger partial charge in [-0.1, -0.05) is 36.6 Å². The normalized spacial score (nSPS) is 26.8. The van der Waals surface area contributed by atoms with E-state index in [2.05, 4.69) is 15.6 Å². The Labute approximate surface area is 214 Å². The van der Waals surface area contributed by atoms with Crippen LogP contribution in [0.1, 0.15) is 55.4 Å². The minimum atomic E-state index is -0.974. The molecule has 5 atom stereocenters. The van der Waals surface area contributed by atoms with Crippen LogP contribution in [0.25, 0.3) is 10.9 Å². The summed E-state index contributed by atoms with van der Waals surface area (Å²) in [5.41, 5.74) is 6.69. The van der Waals surface area contributed by atoms with E-state index in [1.807, 2.05) is 12.1 Å². The summed E-state index contributed by atoms with van der Waals surface area (Å²) in [6, 6.07) is 5.54. The fourth-order valence-electron chi connectivity index (χ4n) is 6.26. The van der Waals surface area contributed by atoms with Gasteiger partial charge in [0.25, 0.3) is 5.91 Å². The van der Waals surface area contributed by atoms with E-state index < -0.39 is 18.0 Å². The average molecular weight is 514 g/mol. The third kappa shape index (κ3) is 4.68. The van der Waals surface area contributed by atoms with Crippen molar-refractivity contribution in [3.8, 4) is 0 Å². The Morgan fingerprint density at radius 2 is 1.97 bits per heavy atom. The highest BCUT2D eigenvalue weighted by Crippen LogP contribution is 2.41. The Hall–Kier alpha value is -3.07. The number of hydrogen-bond acceptors (Lipinski definition) is 4. The number of hydrogen-bond donors (Lipinski definition) is 4. The van der Waals surface area contributed by atoms with Crippen LogP contribution in [0.4, 0.5) is 0 Å². The highest BCUT2D eigenvalue weighted by molar-refractivity contribution is 6.35. The van der Waals surface area contributed by atoms with Crippen LogP contribution < -0.4 is 16.4 Å². The van der Waals surface area contributed by atoms with Gasteiger partial charge in [-0.2, -0.15) is 0 Å². The van der Waals surface area contributed by atoms with Gasteiger partial charge in [-0.15, -0.1) is 0 Å². The number of rotatable bonds is 6. The van der Waals surface area contributed by atoms with Crippen LogP contribution in [0.2, 0.25) is 5.02 Å². The van der Waals surface area contributed by atoms with Crippen molar-refractivity contribution >= 4 is 46.1 Å². The van der Waals surface area contributed by atoms with Gasteiger partial charge in [-0.25, -0.2) is 0 Å². The predicted molar refractivity (Wildman–Crippen MR) is 135 cm³/mol. The second-order valence-electron chi connectivity index (χ2n) is 10.3. The van der Waals surface area contributed by atoms with Crippen LogP contribution in [0.3, 0.4) is 0 Å². The minimum absolute atomic E-state index is 0.0159. The number of nitrogens with one attached hydrogen (secondary N) is 3. The summed E-state index contributed by atoms with van der Waals surface area (Å²) in [4.78, 5) is 56.6. The first kappa shape index (κ1) is 24.6. The number of carbonyl (C=O) groups excluding carboxylic acids is 4. The third-order valence-corrected chi connectivity index (χ3v) is 8.40. The number of carbonyl (C=O) groups is 4. The Bertz CT molecular complexity index is 1200. The van der Waals surface area contributed by atoms with Crippen molar-refractivity contribution in [3.63, 3.8) is 0 Å². The topological polar surface area (TPSA) is 137 Å². The molecule has 2 aliphatic heterocycles. The fraction of sp³-hybridized carbons (Fsp3) is 0.538. The lowest BCUT2D eigenvalue weighted by Crippen LogP contribution is -2.55. The van der Waals surface area contributed by atoms with E-state index in [9.17, 15) is 19.2 Å². The molecule has 2 saturated heterocycles. The number of piperidine rings is 1. The number of likely N-dealkylation sites (tertiary alicyclic amines) is 1. The van der Waals surface area contributed by atoms with E-state index in [0.29, 0.717) is 35.7 Å². The minimum Gasteiger partial charge on any atom is -0.368 e. The lowest BCUT2D eigenvalue weighted by atomic mass is 9.78. The molecular formula is C26H32ClN5O4. The predicted octanol–water partition coefficient (Wildman–Crippen LogP) is 2.34. The molecule has 4 unspecified atom stereocenters. The zero-order chi connectivity index (χ0) is 25.4. The summed E-state index contributed by atoms with van der Waals surface area (Å²) >= 11 is 6.30. The van der Waals surface area contributed by atoms with Gasteiger partial charge in [-0.05, 0) is 56.1 Å². The molecule has 1 aromatic carbocycles. The molecule has 0 bridgehead atoms. The van der Waals surface area contributed by atoms with Crippen LogP contribution in [0.5, 0.6) is 0 Å². The molecule has 192 valence electrons. The van der Waals surface area contributed by atoms with Crippen molar-refractivity contribution in [1.82, 2.24) is 20.5 Å². The summed E-state index contributed by atoms with van der Waals surface area (Å²) in [6.07, 6.45) is 5.49. The Morgan fingerprint density at radius 1 is 1.17 bits per heavy atom. The second-order valence-corrected chi connectivity index (χ2v) is 10.7. The lowest BCUT2D eigenvalue weighted by molar-refractivity contribution is -0.133. The molecule has 36 heavy (non-hydrogen) atoms. The van der Waals surface area contributed by atoms with Crippen LogP contribution in [0.15, 0.2) is 24.3 Å². The Kier molecular flexibility index (Phi) is 6.92. The largest absolute Gasteiger partial charge is 0.368 e. The second kappa shape index (κ2) is 10.1. The number of halogens is 1. The highest BCUT2D eigenvalue weighted by atomic mass is 35.5. The van der Waals surface area contributed by atoms with Crippen molar-refractivity contribution in [2.24, 2.45) is 23.5 Å². The third-order valence-electron chi connectivity index (χ3n) is 8.09. The van der Waals surface area contributed by atoms with Gasteiger partial charge in [0, 0.05) is 24.4 Å². The summed E-state index contributed by atoms with van der Waals surface area (Å²) in [5, 5.41) is 6.96. The summed E-state index contributed by atoms with van der Waals surface area (Å²) in [5.74, 6) is -1.58. The number of nitrogens with two attached hydrogens (primary N) is 1. The maximum atomic E-state index is 13.7. The molecule has 1 saturated carbocycles. The molecule has 4 amide bonds. The first-order valence-corrected chi connectivity index (χ1v) is 13.2. The van der Waals surface area contributed by atoms with Gasteiger partial charge in [0.1, 0.15) is 17.8 Å². The quantitative estimate of drug-likeness (QED) is 0.471. The SMILES string of the molecule is NC(=O)C(CC1CCCNC1=O)NC(=O)[C@@H]1C2CCCCC2CN1C(=O)c1cc2cccc(Cl)c2[nH]1. The van der Waals surface area contributed by atoms with Crippen molar-refractivity contribution < 1.29 is 19.2 Å². The zero-order valence-corrected chi connectivity index (χ0v) is 20.9. The van der Waals surface area contributed by atoms with E-state index in [0.717, 1.165) is 37.5 Å². The van der Waals surface area contributed by atoms with Gasteiger partial charge < -0.3 is 26.3 Å². The molecule has 3 fully saturated rings. The van der Waals surface area contributed by atoms with Gasteiger partial charge >= 0.3 is 0 Å². The molecule has 1 aliphatic carbocycles. The van der Waals surface area contributed by atoms with Gasteiger partial charge in [0.15, 0.2) is 0 Å². The Morgan fingerprint density at radius 3 is 2.72 bits per heavy atom. The van der Waals surface area contributed by atoms with Crippen molar-refractivity contribution in [2.45, 2.75) is 57.0 Å². The van der Waals surface area contributed by atoms with Crippen LogP contribution >= 0.6 is 11.6 Å². The molecule has 10 heteroatoms. The number of H-pyrrole nitrogens is 1. The van der Waals surface area contributed by atoms with Crippen molar-refractivity contribution in [1.29, 1.82) is 0 Å². The van der Waals surface area contributed by atoms with Crippen LogP contribution in [-0.4, -0.2) is 58.7 Å². The van der Waals surface area contributed by atoms with Gasteiger partial charge in [0.05, 0.1) is 10.5 Å². The number of fused-ring (bicyclic) bond motifs is 2.